The number of Topliss-reactive ketones (excluding diaryl/α,β-unsaturated/α-hetero) is 1. The van der Waals surface area contributed by atoms with Crippen molar-refractivity contribution in [2.75, 3.05) is 19.6 Å². The monoisotopic (exact) mass is 271 g/mol. The van der Waals surface area contributed by atoms with Crippen LogP contribution in [0.2, 0.25) is 0 Å². The van der Waals surface area contributed by atoms with Crippen LogP contribution in [0.4, 0.5) is 0 Å². The molecule has 2 aliphatic rings. The Morgan fingerprint density at radius 3 is 2.45 bits per heavy atom. The van der Waals surface area contributed by atoms with Crippen molar-refractivity contribution >= 4 is 5.78 Å². The fourth-order valence-electron chi connectivity index (χ4n) is 3.79. The lowest BCUT2D eigenvalue weighted by molar-refractivity contribution is -0.127. The minimum Gasteiger partial charge on any atom is -0.303 e. The van der Waals surface area contributed by atoms with Gasteiger partial charge in [0.15, 0.2) is 0 Å². The number of rotatable bonds is 3. The topological polar surface area (TPSA) is 20.3 Å². The van der Waals surface area contributed by atoms with Crippen LogP contribution in [0.15, 0.2) is 30.3 Å². The summed E-state index contributed by atoms with van der Waals surface area (Å²) < 4.78 is 0. The van der Waals surface area contributed by atoms with Gasteiger partial charge in [-0.1, -0.05) is 43.2 Å². The van der Waals surface area contributed by atoms with Crippen molar-refractivity contribution in [2.45, 2.75) is 44.4 Å². The molecule has 0 unspecified atom stereocenters. The van der Waals surface area contributed by atoms with Crippen LogP contribution < -0.4 is 0 Å². The lowest BCUT2D eigenvalue weighted by Gasteiger charge is -2.34. The van der Waals surface area contributed by atoms with E-state index in [1.165, 1.54) is 44.3 Å². The minimum atomic E-state index is 0.153. The van der Waals surface area contributed by atoms with Crippen LogP contribution in [0.1, 0.15) is 50.0 Å². The zero-order chi connectivity index (χ0) is 13.8. The zero-order valence-electron chi connectivity index (χ0n) is 12.3. The van der Waals surface area contributed by atoms with Crippen molar-refractivity contribution in [1.82, 2.24) is 4.90 Å². The van der Waals surface area contributed by atoms with Gasteiger partial charge in [-0.3, -0.25) is 4.79 Å². The van der Waals surface area contributed by atoms with Crippen molar-refractivity contribution in [2.24, 2.45) is 5.92 Å². The van der Waals surface area contributed by atoms with Crippen molar-refractivity contribution in [3.63, 3.8) is 0 Å². The van der Waals surface area contributed by atoms with Crippen molar-refractivity contribution in [1.29, 1.82) is 0 Å². The molecule has 0 amide bonds. The second-order valence-electron chi connectivity index (χ2n) is 6.35. The smallest absolute Gasteiger partial charge is 0.144 e. The van der Waals surface area contributed by atoms with E-state index in [2.05, 4.69) is 29.2 Å². The Labute approximate surface area is 122 Å². The number of piperidine rings is 1. The molecule has 108 valence electrons. The predicted molar refractivity (Wildman–Crippen MR) is 81.8 cm³/mol. The molecule has 1 heterocycles. The summed E-state index contributed by atoms with van der Waals surface area (Å²) in [6.45, 7) is 3.39. The Hall–Kier alpha value is -1.15. The summed E-state index contributed by atoms with van der Waals surface area (Å²) in [7, 11) is 0. The first kappa shape index (κ1) is 13.8. The van der Waals surface area contributed by atoms with Crippen LogP contribution in [0.25, 0.3) is 0 Å². The predicted octanol–water partition coefficient (Wildman–Crippen LogP) is 3.63. The average Bonchev–Trinajstić information content (AvgIpc) is 2.51. The highest BCUT2D eigenvalue weighted by Gasteiger charge is 2.33. The molecular formula is C18H25NO. The molecule has 1 saturated heterocycles. The van der Waals surface area contributed by atoms with Crippen LogP contribution in [0.5, 0.6) is 0 Å². The van der Waals surface area contributed by atoms with Crippen LogP contribution in [-0.4, -0.2) is 30.3 Å². The molecule has 1 aromatic rings. The lowest BCUT2D eigenvalue weighted by Crippen LogP contribution is -2.39. The molecule has 1 aliphatic heterocycles. The molecule has 1 saturated carbocycles. The molecule has 0 radical (unpaired) electrons. The number of carbonyl (C=O) groups is 1. The van der Waals surface area contributed by atoms with E-state index in [1.54, 1.807) is 0 Å². The molecule has 0 N–H and O–H groups in total. The molecule has 2 nitrogen and oxygen atoms in total. The maximum Gasteiger partial charge on any atom is 0.144 e. The van der Waals surface area contributed by atoms with Crippen LogP contribution >= 0.6 is 0 Å². The summed E-state index contributed by atoms with van der Waals surface area (Å²) in [6, 6.07) is 10.4. The first-order chi connectivity index (χ1) is 9.84. The van der Waals surface area contributed by atoms with Crippen molar-refractivity contribution in [3.05, 3.63) is 35.9 Å². The third-order valence-electron chi connectivity index (χ3n) is 4.92. The summed E-state index contributed by atoms with van der Waals surface area (Å²) in [5.74, 6) is 0.917. The first-order valence-electron chi connectivity index (χ1n) is 8.15. The number of carbonyl (C=O) groups excluding carboxylic acids is 1. The van der Waals surface area contributed by atoms with Gasteiger partial charge in [-0.2, -0.15) is 0 Å². The second kappa shape index (κ2) is 6.53. The summed E-state index contributed by atoms with van der Waals surface area (Å²) >= 11 is 0. The molecule has 2 fully saturated rings. The number of hydrogen-bond donors (Lipinski definition) is 0. The van der Waals surface area contributed by atoms with E-state index in [-0.39, 0.29) is 11.8 Å². The number of likely N-dealkylation sites (tertiary alicyclic amines) is 1. The summed E-state index contributed by atoms with van der Waals surface area (Å²) in [5.41, 5.74) is 1.22. The van der Waals surface area contributed by atoms with E-state index in [0.717, 1.165) is 19.4 Å². The Morgan fingerprint density at radius 2 is 1.70 bits per heavy atom. The van der Waals surface area contributed by atoms with E-state index >= 15 is 0 Å². The van der Waals surface area contributed by atoms with Gasteiger partial charge in [-0.25, -0.2) is 0 Å². The first-order valence-corrected chi connectivity index (χ1v) is 8.15. The SMILES string of the molecule is O=C1[C@H](CN2CCCCC2)CCC[C@@H]1c1ccccc1. The highest BCUT2D eigenvalue weighted by atomic mass is 16.1. The van der Waals surface area contributed by atoms with Crippen LogP contribution in [-0.2, 0) is 4.79 Å². The molecule has 3 rings (SSSR count). The molecule has 2 atom stereocenters. The highest BCUT2D eigenvalue weighted by Crippen LogP contribution is 2.33. The summed E-state index contributed by atoms with van der Waals surface area (Å²) in [6.07, 6.45) is 7.32. The average molecular weight is 271 g/mol. The van der Waals surface area contributed by atoms with E-state index < -0.39 is 0 Å². The van der Waals surface area contributed by atoms with Crippen molar-refractivity contribution in [3.8, 4) is 0 Å². The molecule has 0 bridgehead atoms. The minimum absolute atomic E-state index is 0.153. The fraction of sp³-hybridized carbons (Fsp3) is 0.611. The number of ketones is 1. The van der Waals surface area contributed by atoms with Gasteiger partial charge < -0.3 is 4.90 Å². The Kier molecular flexibility index (Phi) is 4.51. The lowest BCUT2D eigenvalue weighted by atomic mass is 9.76. The molecule has 20 heavy (non-hydrogen) atoms. The van der Waals surface area contributed by atoms with E-state index in [9.17, 15) is 4.79 Å². The van der Waals surface area contributed by atoms with Crippen LogP contribution in [0.3, 0.4) is 0 Å². The quantitative estimate of drug-likeness (QED) is 0.837. The second-order valence-corrected chi connectivity index (χ2v) is 6.35. The van der Waals surface area contributed by atoms with Gasteiger partial charge in [0.25, 0.3) is 0 Å². The van der Waals surface area contributed by atoms with Gasteiger partial charge in [-0.15, -0.1) is 0 Å². The third-order valence-corrected chi connectivity index (χ3v) is 4.92. The maximum absolute atomic E-state index is 12.8. The molecule has 0 aromatic heterocycles. The number of benzene rings is 1. The standard InChI is InChI=1S/C18H25NO/c20-18-16(14-19-12-5-2-6-13-19)10-7-11-17(18)15-8-3-1-4-9-15/h1,3-4,8-9,16-17H,2,5-7,10-14H2/t16-,17+/m0/s1. The fourth-order valence-corrected chi connectivity index (χ4v) is 3.79. The Morgan fingerprint density at radius 1 is 0.950 bits per heavy atom. The van der Waals surface area contributed by atoms with E-state index in [0.29, 0.717) is 5.78 Å². The van der Waals surface area contributed by atoms with Gasteiger partial charge >= 0.3 is 0 Å². The molecular weight excluding hydrogens is 246 g/mol. The van der Waals surface area contributed by atoms with Gasteiger partial charge in [0, 0.05) is 18.4 Å². The Bertz CT molecular complexity index is 436. The largest absolute Gasteiger partial charge is 0.303 e. The molecule has 1 aliphatic carbocycles. The third kappa shape index (κ3) is 3.12. The molecule has 1 aromatic carbocycles. The van der Waals surface area contributed by atoms with Gasteiger partial charge in [0.1, 0.15) is 5.78 Å². The molecule has 0 spiro atoms. The van der Waals surface area contributed by atoms with Gasteiger partial charge in [-0.05, 0) is 44.3 Å². The normalized spacial score (nSPS) is 28.5. The number of hydrogen-bond acceptors (Lipinski definition) is 2. The van der Waals surface area contributed by atoms with Gasteiger partial charge in [0.05, 0.1) is 0 Å². The number of nitrogens with zero attached hydrogens (tertiary/aromatic N) is 1. The molecule has 2 heteroatoms. The maximum atomic E-state index is 12.8. The summed E-state index contributed by atoms with van der Waals surface area (Å²) in [4.78, 5) is 15.3. The van der Waals surface area contributed by atoms with Crippen LogP contribution in [0, 0.1) is 5.92 Å². The summed E-state index contributed by atoms with van der Waals surface area (Å²) in [5, 5.41) is 0. The van der Waals surface area contributed by atoms with Crippen molar-refractivity contribution < 1.29 is 4.79 Å². The Balaban J connectivity index is 1.65. The van der Waals surface area contributed by atoms with E-state index in [4.69, 9.17) is 0 Å². The highest BCUT2D eigenvalue weighted by molar-refractivity contribution is 5.88. The van der Waals surface area contributed by atoms with Gasteiger partial charge in [0.2, 0.25) is 0 Å². The zero-order valence-corrected chi connectivity index (χ0v) is 12.3. The van der Waals surface area contributed by atoms with E-state index in [1.807, 2.05) is 6.07 Å².